The smallest absolute Gasteiger partial charge is 0.303 e. The van der Waals surface area contributed by atoms with Crippen LogP contribution in [0.2, 0.25) is 0 Å². The maximum Gasteiger partial charge on any atom is 0.303 e. The molecule has 1 fully saturated rings. The minimum atomic E-state index is -0.740. The predicted molar refractivity (Wildman–Crippen MR) is 88.1 cm³/mol. The topological polar surface area (TPSA) is 42.2 Å². The molecule has 2 aromatic carbocycles. The Morgan fingerprint density at radius 2 is 1.86 bits per heavy atom. The molecule has 4 rings (SSSR count). The van der Waals surface area contributed by atoms with Crippen LogP contribution in [-0.4, -0.2) is 15.6 Å². The lowest BCUT2D eigenvalue weighted by atomic mass is 10.1. The van der Waals surface area contributed by atoms with Gasteiger partial charge in [0.05, 0.1) is 0 Å². The Kier molecular flexibility index (Phi) is 3.14. The quantitative estimate of drug-likeness (QED) is 0.765. The standard InChI is InChI=1S/C19H19NO2/c21-19(22)10-8-13-7-9-18-16(11-13)15-3-1-2-4-17(15)20(18)12-14-5-6-14/h1-4,7,9,11,14H,5-6,8,10,12H2,(H,21,22). The number of rotatable bonds is 5. The van der Waals surface area contributed by atoms with E-state index in [0.29, 0.717) is 6.42 Å². The van der Waals surface area contributed by atoms with Gasteiger partial charge >= 0.3 is 5.97 Å². The summed E-state index contributed by atoms with van der Waals surface area (Å²) in [6, 6.07) is 14.9. The van der Waals surface area contributed by atoms with Gasteiger partial charge in [-0.2, -0.15) is 0 Å². The van der Waals surface area contributed by atoms with Gasteiger partial charge in [0, 0.05) is 34.8 Å². The number of carboxylic acid groups (broad SMARTS) is 1. The van der Waals surface area contributed by atoms with Gasteiger partial charge in [-0.05, 0) is 48.9 Å². The molecule has 3 nitrogen and oxygen atoms in total. The van der Waals surface area contributed by atoms with Crippen LogP contribution >= 0.6 is 0 Å². The second-order valence-corrected chi connectivity index (χ2v) is 6.32. The Labute approximate surface area is 129 Å². The summed E-state index contributed by atoms with van der Waals surface area (Å²) in [5.41, 5.74) is 3.66. The van der Waals surface area contributed by atoms with Gasteiger partial charge in [-0.15, -0.1) is 0 Å². The number of carboxylic acids is 1. The lowest BCUT2D eigenvalue weighted by Gasteiger charge is -2.06. The molecule has 112 valence electrons. The highest BCUT2D eigenvalue weighted by molar-refractivity contribution is 6.08. The normalized spacial score (nSPS) is 14.7. The van der Waals surface area contributed by atoms with E-state index in [0.717, 1.165) is 18.0 Å². The maximum atomic E-state index is 10.8. The van der Waals surface area contributed by atoms with Crippen molar-refractivity contribution in [2.45, 2.75) is 32.2 Å². The van der Waals surface area contributed by atoms with Crippen LogP contribution in [0.4, 0.5) is 0 Å². The third-order valence-electron chi connectivity index (χ3n) is 4.60. The number of aryl methyl sites for hydroxylation is 1. The SMILES string of the molecule is O=C(O)CCc1ccc2c(c1)c1ccccc1n2CC1CC1. The number of para-hydroxylation sites is 1. The molecule has 0 spiro atoms. The van der Waals surface area contributed by atoms with Crippen LogP contribution < -0.4 is 0 Å². The Hall–Kier alpha value is -2.29. The molecule has 0 bridgehead atoms. The molecule has 1 aromatic heterocycles. The number of aromatic nitrogens is 1. The van der Waals surface area contributed by atoms with Gasteiger partial charge in [0.15, 0.2) is 0 Å². The Morgan fingerprint density at radius 3 is 2.64 bits per heavy atom. The molecule has 1 N–H and O–H groups in total. The number of fused-ring (bicyclic) bond motifs is 3. The molecule has 0 unspecified atom stereocenters. The van der Waals surface area contributed by atoms with E-state index in [1.807, 2.05) is 0 Å². The molecule has 0 atom stereocenters. The predicted octanol–water partition coefficient (Wildman–Crippen LogP) is 4.22. The third kappa shape index (κ3) is 2.37. The van der Waals surface area contributed by atoms with Crippen LogP contribution in [0.1, 0.15) is 24.8 Å². The molecule has 0 radical (unpaired) electrons. The van der Waals surface area contributed by atoms with E-state index in [2.05, 4.69) is 47.0 Å². The summed E-state index contributed by atoms with van der Waals surface area (Å²) in [5, 5.41) is 11.4. The largest absolute Gasteiger partial charge is 0.481 e. The molecule has 1 heterocycles. The molecule has 1 aliphatic rings. The van der Waals surface area contributed by atoms with Gasteiger partial charge in [0.2, 0.25) is 0 Å². The zero-order chi connectivity index (χ0) is 15.1. The second-order valence-electron chi connectivity index (χ2n) is 6.32. The van der Waals surface area contributed by atoms with Crippen molar-refractivity contribution < 1.29 is 9.90 Å². The molecule has 3 heteroatoms. The van der Waals surface area contributed by atoms with Crippen LogP contribution in [0.25, 0.3) is 21.8 Å². The lowest BCUT2D eigenvalue weighted by Crippen LogP contribution is -1.99. The van der Waals surface area contributed by atoms with Crippen LogP contribution in [0.15, 0.2) is 42.5 Å². The van der Waals surface area contributed by atoms with Gasteiger partial charge in [-0.3, -0.25) is 4.79 Å². The van der Waals surface area contributed by atoms with Crippen molar-refractivity contribution in [1.82, 2.24) is 4.57 Å². The Balaban J connectivity index is 1.84. The van der Waals surface area contributed by atoms with Crippen LogP contribution in [0.5, 0.6) is 0 Å². The second kappa shape index (κ2) is 5.16. The lowest BCUT2D eigenvalue weighted by molar-refractivity contribution is -0.136. The number of nitrogens with zero attached hydrogens (tertiary/aromatic N) is 1. The fraction of sp³-hybridized carbons (Fsp3) is 0.316. The highest BCUT2D eigenvalue weighted by atomic mass is 16.4. The minimum Gasteiger partial charge on any atom is -0.481 e. The summed E-state index contributed by atoms with van der Waals surface area (Å²) in [5.74, 6) is 0.0851. The van der Waals surface area contributed by atoms with Crippen molar-refractivity contribution in [3.05, 3.63) is 48.0 Å². The first-order chi connectivity index (χ1) is 10.7. The number of aliphatic carboxylic acids is 1. The van der Waals surface area contributed by atoms with Crippen LogP contribution in [-0.2, 0) is 17.8 Å². The average Bonchev–Trinajstić information content (AvgIpc) is 3.29. The zero-order valence-electron chi connectivity index (χ0n) is 12.5. The number of benzene rings is 2. The summed E-state index contributed by atoms with van der Waals surface area (Å²) in [6.07, 6.45) is 3.45. The Bertz CT molecular complexity index is 858. The van der Waals surface area contributed by atoms with E-state index in [4.69, 9.17) is 5.11 Å². The monoisotopic (exact) mass is 293 g/mol. The summed E-state index contributed by atoms with van der Waals surface area (Å²) >= 11 is 0. The van der Waals surface area contributed by atoms with E-state index >= 15 is 0 Å². The van der Waals surface area contributed by atoms with Crippen molar-refractivity contribution in [3.63, 3.8) is 0 Å². The van der Waals surface area contributed by atoms with Crippen molar-refractivity contribution in [1.29, 1.82) is 0 Å². The highest BCUT2D eigenvalue weighted by Crippen LogP contribution is 2.36. The first-order valence-corrected chi connectivity index (χ1v) is 7.94. The van der Waals surface area contributed by atoms with Crippen LogP contribution in [0.3, 0.4) is 0 Å². The fourth-order valence-electron chi connectivity index (χ4n) is 3.26. The van der Waals surface area contributed by atoms with E-state index < -0.39 is 5.97 Å². The molecular weight excluding hydrogens is 274 g/mol. The number of hydrogen-bond donors (Lipinski definition) is 1. The Morgan fingerprint density at radius 1 is 1.09 bits per heavy atom. The van der Waals surface area contributed by atoms with Gasteiger partial charge in [0.25, 0.3) is 0 Å². The highest BCUT2D eigenvalue weighted by Gasteiger charge is 2.23. The van der Waals surface area contributed by atoms with Crippen molar-refractivity contribution in [2.24, 2.45) is 5.92 Å². The van der Waals surface area contributed by atoms with Crippen LogP contribution in [0, 0.1) is 5.92 Å². The first kappa shape index (κ1) is 13.4. The number of carbonyl (C=O) groups is 1. The van der Waals surface area contributed by atoms with Gasteiger partial charge in [-0.1, -0.05) is 24.3 Å². The molecule has 0 aliphatic heterocycles. The average molecular weight is 293 g/mol. The third-order valence-corrected chi connectivity index (χ3v) is 4.60. The molecule has 22 heavy (non-hydrogen) atoms. The molecule has 1 aliphatic carbocycles. The minimum absolute atomic E-state index is 0.187. The van der Waals surface area contributed by atoms with E-state index in [-0.39, 0.29) is 6.42 Å². The van der Waals surface area contributed by atoms with E-state index in [1.165, 1.54) is 34.6 Å². The maximum absolute atomic E-state index is 10.8. The molecule has 1 saturated carbocycles. The fourth-order valence-corrected chi connectivity index (χ4v) is 3.26. The molecule has 0 amide bonds. The van der Waals surface area contributed by atoms with Crippen molar-refractivity contribution in [2.75, 3.05) is 0 Å². The van der Waals surface area contributed by atoms with Gasteiger partial charge in [0.1, 0.15) is 0 Å². The molecule has 0 saturated heterocycles. The van der Waals surface area contributed by atoms with Gasteiger partial charge < -0.3 is 9.67 Å². The van der Waals surface area contributed by atoms with E-state index in [9.17, 15) is 4.79 Å². The zero-order valence-corrected chi connectivity index (χ0v) is 12.5. The summed E-state index contributed by atoms with van der Waals surface area (Å²) in [7, 11) is 0. The van der Waals surface area contributed by atoms with Crippen molar-refractivity contribution in [3.8, 4) is 0 Å². The number of hydrogen-bond acceptors (Lipinski definition) is 1. The first-order valence-electron chi connectivity index (χ1n) is 7.94. The molecule has 3 aromatic rings. The molecular formula is C19H19NO2. The van der Waals surface area contributed by atoms with E-state index in [1.54, 1.807) is 0 Å². The van der Waals surface area contributed by atoms with Gasteiger partial charge in [-0.25, -0.2) is 0 Å². The summed E-state index contributed by atoms with van der Waals surface area (Å²) in [6.45, 7) is 1.10. The summed E-state index contributed by atoms with van der Waals surface area (Å²) in [4.78, 5) is 10.8. The van der Waals surface area contributed by atoms with Crippen molar-refractivity contribution >= 4 is 27.8 Å². The summed E-state index contributed by atoms with van der Waals surface area (Å²) < 4.78 is 2.43.